The summed E-state index contributed by atoms with van der Waals surface area (Å²) in [7, 11) is 0. The molecule has 90 valence electrons. The molecule has 1 rings (SSSR count). The fourth-order valence-corrected chi connectivity index (χ4v) is 2.06. The van der Waals surface area contributed by atoms with Gasteiger partial charge in [-0.25, -0.2) is 0 Å². The number of benzene rings is 1. The van der Waals surface area contributed by atoms with E-state index >= 15 is 0 Å². The Morgan fingerprint density at radius 1 is 1.35 bits per heavy atom. The van der Waals surface area contributed by atoms with Crippen molar-refractivity contribution in [1.82, 2.24) is 0 Å². The number of hydrogen-bond acceptors (Lipinski definition) is 2. The highest BCUT2D eigenvalue weighted by Crippen LogP contribution is 2.26. The molecule has 0 aliphatic rings. The molecule has 0 spiro atoms. The van der Waals surface area contributed by atoms with Crippen molar-refractivity contribution in [2.45, 2.75) is 26.4 Å². The van der Waals surface area contributed by atoms with Crippen LogP contribution < -0.4 is 0 Å². The molecule has 1 aromatic rings. The summed E-state index contributed by atoms with van der Waals surface area (Å²) >= 11 is 1.63. The fourth-order valence-electron chi connectivity index (χ4n) is 1.26. The van der Waals surface area contributed by atoms with Crippen LogP contribution in [0.15, 0.2) is 41.3 Å². The highest BCUT2D eigenvalue weighted by Gasteiger charge is 2.18. The third kappa shape index (κ3) is 5.12. The molecule has 0 aliphatic heterocycles. The second kappa shape index (κ2) is 6.54. The summed E-state index contributed by atoms with van der Waals surface area (Å²) in [6, 6.07) is 9.84. The van der Waals surface area contributed by atoms with Gasteiger partial charge in [-0.3, -0.25) is 0 Å². The van der Waals surface area contributed by atoms with Crippen LogP contribution in [0.4, 0.5) is 0 Å². The second-order valence-electron chi connectivity index (χ2n) is 4.14. The van der Waals surface area contributed by atoms with Crippen LogP contribution in [0.5, 0.6) is 0 Å². The lowest BCUT2D eigenvalue weighted by atomic mass is 10.1. The van der Waals surface area contributed by atoms with E-state index in [4.69, 9.17) is 0 Å². The molecule has 0 amide bonds. The lowest BCUT2D eigenvalue weighted by Gasteiger charge is -2.19. The van der Waals surface area contributed by atoms with Crippen LogP contribution in [-0.4, -0.2) is 16.5 Å². The van der Waals surface area contributed by atoms with Gasteiger partial charge in [-0.2, -0.15) is 0 Å². The molecule has 0 saturated carbocycles. The van der Waals surface area contributed by atoms with Crippen LogP contribution in [0, 0.1) is 11.8 Å². The van der Waals surface area contributed by atoms with Crippen molar-refractivity contribution < 1.29 is 5.11 Å². The van der Waals surface area contributed by atoms with Gasteiger partial charge in [0.1, 0.15) is 0 Å². The third-order valence-corrected chi connectivity index (χ3v) is 3.31. The van der Waals surface area contributed by atoms with Crippen LogP contribution in [0.2, 0.25) is 0 Å². The van der Waals surface area contributed by atoms with E-state index in [9.17, 15) is 5.11 Å². The number of hydrogen-bond donors (Lipinski definition) is 1. The van der Waals surface area contributed by atoms with Gasteiger partial charge in [0.05, 0.1) is 5.60 Å². The summed E-state index contributed by atoms with van der Waals surface area (Å²) in [6.07, 6.45) is 1.81. The molecule has 0 unspecified atom stereocenters. The molecule has 1 nitrogen and oxygen atoms in total. The molecule has 0 fully saturated rings. The topological polar surface area (TPSA) is 20.2 Å². The van der Waals surface area contributed by atoms with Gasteiger partial charge in [0.15, 0.2) is 0 Å². The minimum absolute atomic E-state index is 0.813. The Balaban J connectivity index is 2.84. The Morgan fingerprint density at radius 2 is 2.00 bits per heavy atom. The largest absolute Gasteiger partial charge is 0.385 e. The van der Waals surface area contributed by atoms with Crippen LogP contribution in [-0.2, 0) is 0 Å². The van der Waals surface area contributed by atoms with E-state index < -0.39 is 5.60 Å². The second-order valence-corrected chi connectivity index (χ2v) is 5.44. The molecular formula is C15H18OS. The molecule has 17 heavy (non-hydrogen) atoms. The van der Waals surface area contributed by atoms with Gasteiger partial charge in [0.25, 0.3) is 0 Å². The van der Waals surface area contributed by atoms with Gasteiger partial charge in [-0.05, 0) is 31.7 Å². The number of aliphatic hydroxyl groups is 1. The first-order chi connectivity index (χ1) is 8.04. The smallest absolute Gasteiger partial charge is 0.0904 e. The van der Waals surface area contributed by atoms with Crippen LogP contribution in [0.25, 0.3) is 0 Å². The van der Waals surface area contributed by atoms with Gasteiger partial charge >= 0.3 is 0 Å². The molecular weight excluding hydrogens is 228 g/mol. The van der Waals surface area contributed by atoms with E-state index in [0.29, 0.717) is 0 Å². The normalized spacial score (nSPS) is 11.9. The molecule has 2 heteroatoms. The summed E-state index contributed by atoms with van der Waals surface area (Å²) in [6.45, 7) is 5.63. The van der Waals surface area contributed by atoms with Crippen molar-refractivity contribution in [3.05, 3.63) is 46.9 Å². The molecule has 0 aliphatic carbocycles. The Labute approximate surface area is 108 Å². The van der Waals surface area contributed by atoms with Crippen molar-refractivity contribution >= 4 is 11.8 Å². The number of thioether (sulfide) groups is 1. The van der Waals surface area contributed by atoms with Crippen LogP contribution >= 0.6 is 11.8 Å². The van der Waals surface area contributed by atoms with Gasteiger partial charge < -0.3 is 5.11 Å². The monoisotopic (exact) mass is 246 g/mol. The van der Waals surface area contributed by atoms with Crippen molar-refractivity contribution in [3.8, 4) is 11.8 Å². The molecule has 0 atom stereocenters. The first kappa shape index (κ1) is 13.9. The summed E-state index contributed by atoms with van der Waals surface area (Å²) < 4.78 is 0. The molecule has 0 aromatic heterocycles. The minimum atomic E-state index is -0.813. The molecule has 1 N–H and O–H groups in total. The van der Waals surface area contributed by atoms with E-state index in [2.05, 4.69) is 18.8 Å². The fraction of sp³-hybridized carbons (Fsp3) is 0.333. The number of allylic oxidation sites excluding steroid dienone is 1. The predicted molar refractivity (Wildman–Crippen MR) is 75.8 cm³/mol. The van der Waals surface area contributed by atoms with E-state index in [-0.39, 0.29) is 0 Å². The molecule has 0 radical (unpaired) electrons. The van der Waals surface area contributed by atoms with Gasteiger partial charge in [0.2, 0.25) is 0 Å². The Bertz CT molecular complexity index is 429. The van der Waals surface area contributed by atoms with Crippen molar-refractivity contribution in [1.29, 1.82) is 0 Å². The van der Waals surface area contributed by atoms with E-state index in [1.54, 1.807) is 31.7 Å². The molecule has 1 aromatic carbocycles. The zero-order chi connectivity index (χ0) is 12.7. The summed E-state index contributed by atoms with van der Waals surface area (Å²) in [5.74, 6) is 6.99. The van der Waals surface area contributed by atoms with Crippen molar-refractivity contribution in [2.75, 3.05) is 5.75 Å². The first-order valence-corrected chi connectivity index (χ1v) is 6.65. The maximum atomic E-state index is 9.95. The number of rotatable bonds is 3. The average molecular weight is 246 g/mol. The minimum Gasteiger partial charge on any atom is -0.385 e. The van der Waals surface area contributed by atoms with E-state index in [0.717, 1.165) is 16.2 Å². The first-order valence-electron chi connectivity index (χ1n) is 5.66. The summed E-state index contributed by atoms with van der Waals surface area (Å²) in [4.78, 5) is 0.906. The van der Waals surface area contributed by atoms with E-state index in [1.165, 1.54) is 0 Å². The summed E-state index contributed by atoms with van der Waals surface area (Å²) in [5, 5.41) is 9.95. The van der Waals surface area contributed by atoms with Crippen molar-refractivity contribution in [3.63, 3.8) is 0 Å². The highest BCUT2D eigenvalue weighted by molar-refractivity contribution is 8.03. The Morgan fingerprint density at radius 3 is 2.53 bits per heavy atom. The Kier molecular flexibility index (Phi) is 5.34. The lowest BCUT2D eigenvalue weighted by Crippen LogP contribution is -2.20. The average Bonchev–Trinajstić information content (AvgIpc) is 2.28. The SMILES string of the molecule is CCSC(=CC#Cc1ccccc1)C(C)(C)O. The van der Waals surface area contributed by atoms with Gasteiger partial charge in [0, 0.05) is 16.5 Å². The van der Waals surface area contributed by atoms with E-state index in [1.807, 2.05) is 30.3 Å². The van der Waals surface area contributed by atoms with Crippen LogP contribution in [0.1, 0.15) is 26.3 Å². The Hall–Kier alpha value is -1.17. The van der Waals surface area contributed by atoms with Gasteiger partial charge in [-0.1, -0.05) is 37.0 Å². The maximum absolute atomic E-state index is 9.95. The lowest BCUT2D eigenvalue weighted by molar-refractivity contribution is 0.129. The molecule has 0 heterocycles. The zero-order valence-corrected chi connectivity index (χ0v) is 11.3. The molecule has 0 bridgehead atoms. The molecule has 0 saturated heterocycles. The predicted octanol–water partition coefficient (Wildman–Crippen LogP) is 3.45. The maximum Gasteiger partial charge on any atom is 0.0904 e. The highest BCUT2D eigenvalue weighted by atomic mass is 32.2. The van der Waals surface area contributed by atoms with Gasteiger partial charge in [-0.15, -0.1) is 11.8 Å². The quantitative estimate of drug-likeness (QED) is 0.824. The zero-order valence-electron chi connectivity index (χ0n) is 10.5. The standard InChI is InChI=1S/C15H18OS/c1-4-17-14(15(2,3)16)12-8-11-13-9-6-5-7-10-13/h5-7,9-10,12,16H,4H2,1-3H3. The third-order valence-electron chi connectivity index (χ3n) is 2.10. The van der Waals surface area contributed by atoms with Crippen LogP contribution in [0.3, 0.4) is 0 Å². The van der Waals surface area contributed by atoms with Crippen molar-refractivity contribution in [2.24, 2.45) is 0 Å². The summed E-state index contributed by atoms with van der Waals surface area (Å²) in [5.41, 5.74) is 0.173.